The highest BCUT2D eigenvalue weighted by atomic mass is 32.2. The van der Waals surface area contributed by atoms with Gasteiger partial charge in [0.05, 0.1) is 17.0 Å². The van der Waals surface area contributed by atoms with Crippen molar-refractivity contribution in [3.8, 4) is 0 Å². The Bertz CT molecular complexity index is 1080. The highest BCUT2D eigenvalue weighted by molar-refractivity contribution is 7.89. The van der Waals surface area contributed by atoms with E-state index in [1.54, 1.807) is 36.4 Å². The van der Waals surface area contributed by atoms with E-state index in [2.05, 4.69) is 25.5 Å². The standard InChI is InChI=1S/C17H18N6O3S/c1-11-6-8-12(9-7-11)27(25,26)23-22-16-13-4-2-3-5-14(13)20-17(21-16)19-10-15(18)24/h2-9,23H,10H2,1H3,(H2,18,24)(H2,19,20,21,22). The number of nitrogens with one attached hydrogen (secondary N) is 3. The molecule has 1 amide bonds. The summed E-state index contributed by atoms with van der Waals surface area (Å²) < 4.78 is 24.9. The summed E-state index contributed by atoms with van der Waals surface area (Å²) in [7, 11) is -3.80. The molecule has 1 heterocycles. The van der Waals surface area contributed by atoms with Crippen LogP contribution in [-0.2, 0) is 14.8 Å². The normalized spacial score (nSPS) is 11.3. The first-order chi connectivity index (χ1) is 12.8. The molecular weight excluding hydrogens is 368 g/mol. The zero-order chi connectivity index (χ0) is 19.4. The maximum absolute atomic E-state index is 12.5. The van der Waals surface area contributed by atoms with Gasteiger partial charge in [-0.05, 0) is 31.2 Å². The van der Waals surface area contributed by atoms with Crippen molar-refractivity contribution in [1.29, 1.82) is 0 Å². The minimum atomic E-state index is -3.80. The van der Waals surface area contributed by atoms with Crippen LogP contribution in [0, 0.1) is 6.92 Å². The maximum Gasteiger partial charge on any atom is 0.257 e. The molecule has 0 spiro atoms. The van der Waals surface area contributed by atoms with Gasteiger partial charge in [0.1, 0.15) is 0 Å². The number of carbonyl (C=O) groups excluding carboxylic acids is 1. The molecule has 0 aliphatic carbocycles. The van der Waals surface area contributed by atoms with Gasteiger partial charge in [-0.2, -0.15) is 4.98 Å². The van der Waals surface area contributed by atoms with Crippen molar-refractivity contribution in [2.24, 2.45) is 5.73 Å². The fraction of sp³-hybridized carbons (Fsp3) is 0.118. The van der Waals surface area contributed by atoms with Crippen molar-refractivity contribution < 1.29 is 13.2 Å². The van der Waals surface area contributed by atoms with Crippen LogP contribution in [0.15, 0.2) is 53.4 Å². The number of nitrogens with two attached hydrogens (primary N) is 1. The fourth-order valence-corrected chi connectivity index (χ4v) is 3.15. The van der Waals surface area contributed by atoms with E-state index in [1.807, 2.05) is 6.92 Å². The fourth-order valence-electron chi connectivity index (χ4n) is 2.31. The number of hydrogen-bond acceptors (Lipinski definition) is 7. The lowest BCUT2D eigenvalue weighted by Crippen LogP contribution is -2.30. The van der Waals surface area contributed by atoms with Crippen LogP contribution in [0.5, 0.6) is 0 Å². The Kier molecular flexibility index (Phi) is 5.19. The van der Waals surface area contributed by atoms with Gasteiger partial charge in [0, 0.05) is 5.39 Å². The first-order valence-electron chi connectivity index (χ1n) is 7.98. The first-order valence-corrected chi connectivity index (χ1v) is 9.47. The van der Waals surface area contributed by atoms with E-state index < -0.39 is 15.9 Å². The number of benzene rings is 2. The van der Waals surface area contributed by atoms with Gasteiger partial charge < -0.3 is 11.1 Å². The van der Waals surface area contributed by atoms with E-state index in [9.17, 15) is 13.2 Å². The maximum atomic E-state index is 12.5. The third kappa shape index (κ3) is 4.49. The lowest BCUT2D eigenvalue weighted by atomic mass is 10.2. The molecule has 0 aliphatic heterocycles. The van der Waals surface area contributed by atoms with Gasteiger partial charge in [-0.3, -0.25) is 10.2 Å². The second kappa shape index (κ2) is 7.56. The molecule has 0 atom stereocenters. The van der Waals surface area contributed by atoms with E-state index in [0.717, 1.165) is 5.56 Å². The first kappa shape index (κ1) is 18.5. The summed E-state index contributed by atoms with van der Waals surface area (Å²) in [6.45, 7) is 1.72. The summed E-state index contributed by atoms with van der Waals surface area (Å²) in [6, 6.07) is 13.5. The van der Waals surface area contributed by atoms with Crippen molar-refractivity contribution in [2.75, 3.05) is 17.3 Å². The number of hydrazine groups is 1. The average Bonchev–Trinajstić information content (AvgIpc) is 2.65. The van der Waals surface area contributed by atoms with Gasteiger partial charge >= 0.3 is 0 Å². The third-order valence-corrected chi connectivity index (χ3v) is 4.92. The Morgan fingerprint density at radius 3 is 2.48 bits per heavy atom. The van der Waals surface area contributed by atoms with Gasteiger partial charge in [-0.25, -0.2) is 13.4 Å². The van der Waals surface area contributed by atoms with Crippen LogP contribution >= 0.6 is 0 Å². The van der Waals surface area contributed by atoms with E-state index in [1.165, 1.54) is 12.1 Å². The second-order valence-electron chi connectivity index (χ2n) is 5.78. The number of para-hydroxylation sites is 1. The van der Waals surface area contributed by atoms with Crippen LogP contribution in [0.2, 0.25) is 0 Å². The third-order valence-electron chi connectivity index (χ3n) is 3.66. The number of rotatable bonds is 7. The molecule has 0 bridgehead atoms. The Morgan fingerprint density at radius 1 is 1.07 bits per heavy atom. The number of hydrogen-bond donors (Lipinski definition) is 4. The molecule has 2 aromatic carbocycles. The Hall–Kier alpha value is -3.24. The highest BCUT2D eigenvalue weighted by Gasteiger charge is 2.15. The van der Waals surface area contributed by atoms with Crippen LogP contribution < -0.4 is 21.3 Å². The van der Waals surface area contributed by atoms with Gasteiger partial charge in [0.25, 0.3) is 10.0 Å². The SMILES string of the molecule is Cc1ccc(S(=O)(=O)NNc2nc(NCC(N)=O)nc3ccccc23)cc1. The summed E-state index contributed by atoms with van der Waals surface area (Å²) in [5.74, 6) is -0.186. The number of primary amides is 1. The van der Waals surface area contributed by atoms with Crippen molar-refractivity contribution in [3.63, 3.8) is 0 Å². The molecule has 5 N–H and O–H groups in total. The summed E-state index contributed by atoms with van der Waals surface area (Å²) in [5.41, 5.74) is 9.26. The molecule has 0 aliphatic rings. The van der Waals surface area contributed by atoms with Crippen molar-refractivity contribution >= 4 is 38.6 Å². The average molecular weight is 386 g/mol. The minimum absolute atomic E-state index is 0.117. The van der Waals surface area contributed by atoms with Gasteiger partial charge in [0.15, 0.2) is 5.82 Å². The molecule has 0 radical (unpaired) electrons. The zero-order valence-corrected chi connectivity index (χ0v) is 15.2. The van der Waals surface area contributed by atoms with Crippen molar-refractivity contribution in [3.05, 3.63) is 54.1 Å². The van der Waals surface area contributed by atoms with Crippen LogP contribution in [0.25, 0.3) is 10.9 Å². The smallest absolute Gasteiger partial charge is 0.257 e. The molecule has 3 rings (SSSR count). The summed E-state index contributed by atoms with van der Waals surface area (Å²) >= 11 is 0. The predicted octanol–water partition coefficient (Wildman–Crippen LogP) is 1.14. The van der Waals surface area contributed by atoms with Crippen molar-refractivity contribution in [2.45, 2.75) is 11.8 Å². The molecule has 0 saturated heterocycles. The van der Waals surface area contributed by atoms with Gasteiger partial charge in [-0.15, -0.1) is 4.83 Å². The van der Waals surface area contributed by atoms with Crippen LogP contribution in [0.4, 0.5) is 11.8 Å². The quantitative estimate of drug-likeness (QED) is 0.447. The van der Waals surface area contributed by atoms with Crippen LogP contribution in [-0.4, -0.2) is 30.8 Å². The monoisotopic (exact) mass is 386 g/mol. The predicted molar refractivity (Wildman–Crippen MR) is 102 cm³/mol. The zero-order valence-electron chi connectivity index (χ0n) is 14.4. The molecule has 3 aromatic rings. The highest BCUT2D eigenvalue weighted by Crippen LogP contribution is 2.21. The lowest BCUT2D eigenvalue weighted by Gasteiger charge is -2.12. The molecule has 27 heavy (non-hydrogen) atoms. The Labute approximate surface area is 156 Å². The van der Waals surface area contributed by atoms with Crippen LogP contribution in [0.1, 0.15) is 5.56 Å². The number of carbonyl (C=O) groups is 1. The molecule has 0 saturated carbocycles. The number of anilines is 2. The molecule has 1 aromatic heterocycles. The minimum Gasteiger partial charge on any atom is -0.368 e. The second-order valence-corrected chi connectivity index (χ2v) is 7.46. The van der Waals surface area contributed by atoms with Crippen LogP contribution in [0.3, 0.4) is 0 Å². The van der Waals surface area contributed by atoms with Gasteiger partial charge in [0.2, 0.25) is 11.9 Å². The molecule has 140 valence electrons. The number of sulfonamides is 1. The number of aryl methyl sites for hydroxylation is 1. The number of aromatic nitrogens is 2. The van der Waals surface area contributed by atoms with E-state index in [-0.39, 0.29) is 23.2 Å². The topological polar surface area (TPSA) is 139 Å². The largest absolute Gasteiger partial charge is 0.368 e. The van der Waals surface area contributed by atoms with Gasteiger partial charge in [-0.1, -0.05) is 29.8 Å². The number of nitrogens with zero attached hydrogens (tertiary/aromatic N) is 2. The molecular formula is C17H18N6O3S. The van der Waals surface area contributed by atoms with E-state index in [4.69, 9.17) is 5.73 Å². The summed E-state index contributed by atoms with van der Waals surface area (Å²) in [6.07, 6.45) is 0. The molecule has 0 fully saturated rings. The molecule has 9 nitrogen and oxygen atoms in total. The van der Waals surface area contributed by atoms with Crippen molar-refractivity contribution in [1.82, 2.24) is 14.8 Å². The Balaban J connectivity index is 1.88. The lowest BCUT2D eigenvalue weighted by molar-refractivity contribution is -0.116. The molecule has 10 heteroatoms. The van der Waals surface area contributed by atoms with E-state index in [0.29, 0.717) is 10.9 Å². The number of amides is 1. The molecule has 0 unspecified atom stereocenters. The van der Waals surface area contributed by atoms with E-state index >= 15 is 0 Å². The number of fused-ring (bicyclic) bond motifs is 1. The summed E-state index contributed by atoms with van der Waals surface area (Å²) in [4.78, 5) is 21.9. The Morgan fingerprint density at radius 2 is 1.78 bits per heavy atom. The summed E-state index contributed by atoms with van der Waals surface area (Å²) in [5, 5.41) is 3.30.